The Labute approximate surface area is 117 Å². The summed E-state index contributed by atoms with van der Waals surface area (Å²) in [6.45, 7) is 13.5. The van der Waals surface area contributed by atoms with Crippen molar-refractivity contribution in [1.82, 2.24) is 4.90 Å². The molecule has 0 saturated carbocycles. The third-order valence-corrected chi connectivity index (χ3v) is 3.70. The van der Waals surface area contributed by atoms with Gasteiger partial charge < -0.3 is 4.74 Å². The van der Waals surface area contributed by atoms with Gasteiger partial charge in [0.05, 0.1) is 13.2 Å². The lowest BCUT2D eigenvalue weighted by Crippen LogP contribution is -2.39. The summed E-state index contributed by atoms with van der Waals surface area (Å²) in [4.78, 5) is 2.51. The molecule has 1 aromatic rings. The number of nitrogens with zero attached hydrogens (tertiary/aromatic N) is 1. The van der Waals surface area contributed by atoms with Gasteiger partial charge in [-0.25, -0.2) is 0 Å². The van der Waals surface area contributed by atoms with E-state index in [0.717, 1.165) is 38.3 Å². The highest BCUT2D eigenvalue weighted by atomic mass is 16.5. The summed E-state index contributed by atoms with van der Waals surface area (Å²) in [6.07, 6.45) is 1.15. The summed E-state index contributed by atoms with van der Waals surface area (Å²) in [5.41, 5.74) is 3.79. The molecule has 104 valence electrons. The van der Waals surface area contributed by atoms with Crippen LogP contribution >= 0.6 is 0 Å². The van der Waals surface area contributed by atoms with Crippen LogP contribution in [0.5, 0.6) is 0 Å². The third-order valence-electron chi connectivity index (χ3n) is 3.70. The number of ether oxygens (including phenoxy) is 1. The Hall–Kier alpha value is -1.12. The van der Waals surface area contributed by atoms with Gasteiger partial charge in [0.2, 0.25) is 0 Å². The minimum Gasteiger partial charge on any atom is -0.379 e. The van der Waals surface area contributed by atoms with Crippen molar-refractivity contribution in [2.45, 2.75) is 20.3 Å². The van der Waals surface area contributed by atoms with Crippen molar-refractivity contribution in [1.29, 1.82) is 0 Å². The van der Waals surface area contributed by atoms with Crippen LogP contribution in [-0.4, -0.2) is 37.7 Å². The van der Waals surface area contributed by atoms with Gasteiger partial charge in [0.15, 0.2) is 0 Å². The second-order valence-electron chi connectivity index (χ2n) is 5.70. The smallest absolute Gasteiger partial charge is 0.0594 e. The van der Waals surface area contributed by atoms with Crippen LogP contribution in [-0.2, 0) is 11.2 Å². The standard InChI is InChI=1S/C17H25NO/c1-14(2)17-6-4-16(5-7-17)12-15(3)13-18-8-10-19-11-9-18/h4-7,15H,1,8-13H2,2-3H3. The number of allylic oxidation sites excluding steroid dienone is 1. The van der Waals surface area contributed by atoms with Gasteiger partial charge >= 0.3 is 0 Å². The lowest BCUT2D eigenvalue weighted by molar-refractivity contribution is 0.0318. The number of hydrogen-bond donors (Lipinski definition) is 0. The molecule has 0 aliphatic carbocycles. The Balaban J connectivity index is 1.83. The molecule has 1 aliphatic heterocycles. The van der Waals surface area contributed by atoms with Gasteiger partial charge in [-0.15, -0.1) is 0 Å². The topological polar surface area (TPSA) is 12.5 Å². The normalized spacial score (nSPS) is 18.2. The number of rotatable bonds is 5. The molecule has 2 rings (SSSR count). The largest absolute Gasteiger partial charge is 0.379 e. The molecule has 0 aromatic heterocycles. The number of morpholine rings is 1. The summed E-state index contributed by atoms with van der Waals surface area (Å²) >= 11 is 0. The van der Waals surface area contributed by atoms with E-state index in [4.69, 9.17) is 4.74 Å². The van der Waals surface area contributed by atoms with Crippen LogP contribution in [0, 0.1) is 5.92 Å². The summed E-state index contributed by atoms with van der Waals surface area (Å²) in [5, 5.41) is 0. The fourth-order valence-electron chi connectivity index (χ4n) is 2.62. The predicted octanol–water partition coefficient (Wildman–Crippen LogP) is 3.23. The Kier molecular flexibility index (Phi) is 5.17. The van der Waals surface area contributed by atoms with Gasteiger partial charge in [-0.3, -0.25) is 4.90 Å². The van der Waals surface area contributed by atoms with Crippen LogP contribution in [0.15, 0.2) is 30.8 Å². The van der Waals surface area contributed by atoms with E-state index in [1.807, 2.05) is 0 Å². The van der Waals surface area contributed by atoms with Crippen molar-refractivity contribution in [2.75, 3.05) is 32.8 Å². The van der Waals surface area contributed by atoms with E-state index in [-0.39, 0.29) is 0 Å². The maximum atomic E-state index is 5.39. The van der Waals surface area contributed by atoms with E-state index in [1.54, 1.807) is 0 Å². The van der Waals surface area contributed by atoms with E-state index in [0.29, 0.717) is 5.92 Å². The Morgan fingerprint density at radius 3 is 2.47 bits per heavy atom. The SMILES string of the molecule is C=C(C)c1ccc(CC(C)CN2CCOCC2)cc1. The molecule has 0 spiro atoms. The first-order valence-corrected chi connectivity index (χ1v) is 7.20. The molecule has 1 unspecified atom stereocenters. The van der Waals surface area contributed by atoms with Crippen LogP contribution in [0.2, 0.25) is 0 Å². The predicted molar refractivity (Wildman–Crippen MR) is 81.3 cm³/mol. The van der Waals surface area contributed by atoms with Gasteiger partial charge in [0.25, 0.3) is 0 Å². The monoisotopic (exact) mass is 259 g/mol. The minimum atomic E-state index is 0.689. The van der Waals surface area contributed by atoms with Crippen molar-refractivity contribution in [3.63, 3.8) is 0 Å². The molecule has 2 nitrogen and oxygen atoms in total. The van der Waals surface area contributed by atoms with Crippen LogP contribution in [0.25, 0.3) is 5.57 Å². The zero-order valence-electron chi connectivity index (χ0n) is 12.2. The second kappa shape index (κ2) is 6.88. The van der Waals surface area contributed by atoms with Crippen LogP contribution in [0.1, 0.15) is 25.0 Å². The quantitative estimate of drug-likeness (QED) is 0.805. The average Bonchev–Trinajstić information content (AvgIpc) is 2.40. The molecule has 1 aromatic carbocycles. The van der Waals surface area contributed by atoms with Gasteiger partial charge in [0, 0.05) is 19.6 Å². The van der Waals surface area contributed by atoms with Crippen molar-refractivity contribution in [2.24, 2.45) is 5.92 Å². The fraction of sp³-hybridized carbons (Fsp3) is 0.529. The zero-order chi connectivity index (χ0) is 13.7. The lowest BCUT2D eigenvalue weighted by Gasteiger charge is -2.29. The summed E-state index contributed by atoms with van der Waals surface area (Å²) in [6, 6.07) is 8.83. The molecule has 1 atom stereocenters. The molecule has 2 heteroatoms. The van der Waals surface area contributed by atoms with Crippen molar-refractivity contribution >= 4 is 5.57 Å². The first-order chi connectivity index (χ1) is 9.15. The maximum Gasteiger partial charge on any atom is 0.0594 e. The highest BCUT2D eigenvalue weighted by Gasteiger charge is 2.13. The summed E-state index contributed by atoms with van der Waals surface area (Å²) in [7, 11) is 0. The summed E-state index contributed by atoms with van der Waals surface area (Å²) in [5.74, 6) is 0.689. The van der Waals surface area contributed by atoms with Crippen molar-refractivity contribution in [3.8, 4) is 0 Å². The molecule has 0 radical (unpaired) electrons. The van der Waals surface area contributed by atoms with E-state index in [2.05, 4.69) is 49.6 Å². The van der Waals surface area contributed by atoms with Gasteiger partial charge in [-0.1, -0.05) is 43.3 Å². The van der Waals surface area contributed by atoms with Crippen LogP contribution in [0.4, 0.5) is 0 Å². The average molecular weight is 259 g/mol. The molecule has 0 bridgehead atoms. The molecular formula is C17H25NO. The number of benzene rings is 1. The fourth-order valence-corrected chi connectivity index (χ4v) is 2.62. The molecule has 19 heavy (non-hydrogen) atoms. The molecular weight excluding hydrogens is 234 g/mol. The lowest BCUT2D eigenvalue weighted by atomic mass is 9.98. The highest BCUT2D eigenvalue weighted by molar-refractivity contribution is 5.61. The maximum absolute atomic E-state index is 5.39. The van der Waals surface area contributed by atoms with Gasteiger partial charge in [0.1, 0.15) is 0 Å². The van der Waals surface area contributed by atoms with Crippen molar-refractivity contribution < 1.29 is 4.74 Å². The second-order valence-corrected chi connectivity index (χ2v) is 5.70. The molecule has 1 aliphatic rings. The van der Waals surface area contributed by atoms with Gasteiger partial charge in [-0.2, -0.15) is 0 Å². The molecule has 1 fully saturated rings. The third kappa shape index (κ3) is 4.48. The van der Waals surface area contributed by atoms with E-state index in [1.165, 1.54) is 17.7 Å². The zero-order valence-corrected chi connectivity index (χ0v) is 12.2. The number of hydrogen-bond acceptors (Lipinski definition) is 2. The summed E-state index contributed by atoms with van der Waals surface area (Å²) < 4.78 is 5.39. The Morgan fingerprint density at radius 2 is 1.89 bits per heavy atom. The highest BCUT2D eigenvalue weighted by Crippen LogP contribution is 2.15. The van der Waals surface area contributed by atoms with E-state index >= 15 is 0 Å². The first kappa shape index (κ1) is 14.3. The van der Waals surface area contributed by atoms with Crippen LogP contribution in [0.3, 0.4) is 0 Å². The Morgan fingerprint density at radius 1 is 1.26 bits per heavy atom. The Bertz CT molecular complexity index is 404. The minimum absolute atomic E-state index is 0.689. The molecule has 0 N–H and O–H groups in total. The van der Waals surface area contributed by atoms with Crippen molar-refractivity contribution in [3.05, 3.63) is 42.0 Å². The molecule has 1 saturated heterocycles. The molecule has 1 heterocycles. The first-order valence-electron chi connectivity index (χ1n) is 7.20. The van der Waals surface area contributed by atoms with E-state index < -0.39 is 0 Å². The van der Waals surface area contributed by atoms with Crippen LogP contribution < -0.4 is 0 Å². The molecule has 0 amide bonds. The van der Waals surface area contributed by atoms with E-state index in [9.17, 15) is 0 Å². The van der Waals surface area contributed by atoms with Gasteiger partial charge in [-0.05, 0) is 30.4 Å².